The van der Waals surface area contributed by atoms with E-state index in [-0.39, 0.29) is 6.04 Å². The molecule has 0 spiro atoms. The number of fused-ring (bicyclic) bond motifs is 2. The van der Waals surface area contributed by atoms with Crippen molar-refractivity contribution in [3.63, 3.8) is 0 Å². The van der Waals surface area contributed by atoms with Crippen LogP contribution in [0.2, 0.25) is 0 Å². The number of piperidine rings is 1. The van der Waals surface area contributed by atoms with E-state index in [0.29, 0.717) is 6.54 Å². The van der Waals surface area contributed by atoms with E-state index in [4.69, 9.17) is 10.8 Å². The summed E-state index contributed by atoms with van der Waals surface area (Å²) in [5.41, 5.74) is 5.12. The smallest absolute Gasteiger partial charge is 0.312 e. The first-order valence-corrected chi connectivity index (χ1v) is 3.86. The van der Waals surface area contributed by atoms with Crippen LogP contribution in [0.4, 0.5) is 0 Å². The van der Waals surface area contributed by atoms with Gasteiger partial charge in [0.05, 0.1) is 5.41 Å². The Labute approximate surface area is 65.0 Å². The molecule has 2 aliphatic rings. The largest absolute Gasteiger partial charge is 0.481 e. The van der Waals surface area contributed by atoms with Crippen molar-refractivity contribution in [3.05, 3.63) is 0 Å². The monoisotopic (exact) mass is 156 g/mol. The number of nitrogens with two attached hydrogens (primary N) is 1. The Balaban J connectivity index is 2.29. The number of hydrogen-bond acceptors (Lipinski definition) is 3. The summed E-state index contributed by atoms with van der Waals surface area (Å²) < 4.78 is 0. The number of hydrogen-bond donors (Lipinski definition) is 2. The highest BCUT2D eigenvalue weighted by atomic mass is 16.4. The summed E-state index contributed by atoms with van der Waals surface area (Å²) >= 11 is 0. The average molecular weight is 156 g/mol. The number of carboxylic acids is 1. The molecule has 0 aromatic rings. The van der Waals surface area contributed by atoms with Crippen molar-refractivity contribution in [1.82, 2.24) is 4.90 Å². The maximum Gasteiger partial charge on any atom is 0.312 e. The van der Waals surface area contributed by atoms with Gasteiger partial charge in [-0.05, 0) is 13.0 Å². The van der Waals surface area contributed by atoms with Gasteiger partial charge in [-0.3, -0.25) is 4.79 Å². The van der Waals surface area contributed by atoms with Crippen molar-refractivity contribution >= 4 is 5.97 Å². The Morgan fingerprint density at radius 3 is 2.73 bits per heavy atom. The van der Waals surface area contributed by atoms with Crippen LogP contribution in [-0.2, 0) is 4.79 Å². The zero-order valence-corrected chi connectivity index (χ0v) is 6.29. The highest BCUT2D eigenvalue weighted by Gasteiger charge is 2.54. The third kappa shape index (κ3) is 0.736. The second-order valence-corrected chi connectivity index (χ2v) is 3.55. The molecule has 2 bridgehead atoms. The average Bonchev–Trinajstić information content (AvgIpc) is 2.43. The van der Waals surface area contributed by atoms with Crippen molar-refractivity contribution in [2.75, 3.05) is 19.6 Å². The quantitative estimate of drug-likeness (QED) is 0.516. The highest BCUT2D eigenvalue weighted by molar-refractivity contribution is 5.77. The van der Waals surface area contributed by atoms with Crippen LogP contribution in [0.3, 0.4) is 0 Å². The molecule has 0 aliphatic carbocycles. The lowest BCUT2D eigenvalue weighted by atomic mass is 9.81. The summed E-state index contributed by atoms with van der Waals surface area (Å²) in [5, 5.41) is 8.95. The molecule has 11 heavy (non-hydrogen) atoms. The first-order chi connectivity index (χ1) is 5.15. The van der Waals surface area contributed by atoms with Crippen molar-refractivity contribution < 1.29 is 9.90 Å². The summed E-state index contributed by atoms with van der Waals surface area (Å²) in [6.07, 6.45) is 0.726. The predicted octanol–water partition coefficient (Wildman–Crippen LogP) is -0.896. The van der Waals surface area contributed by atoms with Gasteiger partial charge in [0.25, 0.3) is 0 Å². The molecule has 0 saturated carbocycles. The fourth-order valence-electron chi connectivity index (χ4n) is 2.16. The fraction of sp³-hybridized carbons (Fsp3) is 0.857. The molecule has 2 rings (SSSR count). The lowest BCUT2D eigenvalue weighted by molar-refractivity contribution is -0.148. The number of carbonyl (C=O) groups is 1. The van der Waals surface area contributed by atoms with Gasteiger partial charge in [-0.25, -0.2) is 0 Å². The van der Waals surface area contributed by atoms with Crippen LogP contribution >= 0.6 is 0 Å². The number of rotatable bonds is 1. The van der Waals surface area contributed by atoms with Gasteiger partial charge in [-0.1, -0.05) is 0 Å². The third-order valence-corrected chi connectivity index (χ3v) is 2.97. The van der Waals surface area contributed by atoms with Crippen LogP contribution in [-0.4, -0.2) is 41.7 Å². The first kappa shape index (κ1) is 7.06. The molecule has 0 aromatic carbocycles. The molecule has 4 nitrogen and oxygen atoms in total. The molecular formula is C7H12N2O2. The maximum absolute atomic E-state index is 10.9. The van der Waals surface area contributed by atoms with Crippen molar-refractivity contribution in [2.45, 2.75) is 12.5 Å². The van der Waals surface area contributed by atoms with Crippen LogP contribution in [0, 0.1) is 5.41 Å². The van der Waals surface area contributed by atoms with Gasteiger partial charge in [-0.2, -0.15) is 0 Å². The van der Waals surface area contributed by atoms with Crippen LogP contribution in [0.5, 0.6) is 0 Å². The Morgan fingerprint density at radius 2 is 2.45 bits per heavy atom. The standard InChI is InChI=1S/C7H12N2O2/c8-5-3-9-2-1-7(5,4-9)6(10)11/h5H,1-4,8H2,(H,10,11). The van der Waals surface area contributed by atoms with E-state index in [1.807, 2.05) is 0 Å². The first-order valence-electron chi connectivity index (χ1n) is 3.86. The minimum atomic E-state index is -0.718. The molecule has 62 valence electrons. The Hall–Kier alpha value is -0.610. The van der Waals surface area contributed by atoms with Gasteiger partial charge >= 0.3 is 5.97 Å². The van der Waals surface area contributed by atoms with Gasteiger partial charge in [0.2, 0.25) is 0 Å². The minimum absolute atomic E-state index is 0.159. The highest BCUT2D eigenvalue weighted by Crippen LogP contribution is 2.39. The second-order valence-electron chi connectivity index (χ2n) is 3.55. The normalized spacial score (nSPS) is 48.1. The lowest BCUT2D eigenvalue weighted by Gasteiger charge is -2.26. The van der Waals surface area contributed by atoms with Crippen molar-refractivity contribution in [3.8, 4) is 0 Å². The van der Waals surface area contributed by atoms with Crippen LogP contribution in [0.1, 0.15) is 6.42 Å². The lowest BCUT2D eigenvalue weighted by Crippen LogP contribution is -2.47. The van der Waals surface area contributed by atoms with Crippen LogP contribution in [0.15, 0.2) is 0 Å². The zero-order chi connectivity index (χ0) is 8.06. The fourth-order valence-corrected chi connectivity index (χ4v) is 2.16. The van der Waals surface area contributed by atoms with E-state index in [9.17, 15) is 4.79 Å². The summed E-state index contributed by atoms with van der Waals surface area (Å²) in [5.74, 6) is -0.718. The van der Waals surface area contributed by atoms with E-state index < -0.39 is 11.4 Å². The van der Waals surface area contributed by atoms with E-state index in [1.54, 1.807) is 0 Å². The maximum atomic E-state index is 10.9. The molecule has 3 N–H and O–H groups in total. The van der Waals surface area contributed by atoms with E-state index >= 15 is 0 Å². The second kappa shape index (κ2) is 1.95. The van der Waals surface area contributed by atoms with Gasteiger partial charge in [-0.15, -0.1) is 0 Å². The number of aliphatic carboxylic acids is 1. The molecule has 3 unspecified atom stereocenters. The molecule has 0 aromatic heterocycles. The Morgan fingerprint density at radius 1 is 1.73 bits per heavy atom. The number of carboxylic acid groups (broad SMARTS) is 1. The summed E-state index contributed by atoms with van der Waals surface area (Å²) in [6, 6.07) is -0.159. The molecule has 4 heteroatoms. The van der Waals surface area contributed by atoms with Crippen molar-refractivity contribution in [2.24, 2.45) is 11.1 Å². The van der Waals surface area contributed by atoms with Crippen LogP contribution in [0.25, 0.3) is 0 Å². The summed E-state index contributed by atoms with van der Waals surface area (Å²) in [7, 11) is 0. The van der Waals surface area contributed by atoms with Crippen LogP contribution < -0.4 is 5.73 Å². The SMILES string of the molecule is NC1CN2CCC1(C(=O)O)C2. The van der Waals surface area contributed by atoms with Gasteiger partial charge in [0.1, 0.15) is 0 Å². The minimum Gasteiger partial charge on any atom is -0.481 e. The van der Waals surface area contributed by atoms with E-state index in [2.05, 4.69) is 4.90 Å². The Kier molecular flexibility index (Phi) is 1.25. The van der Waals surface area contributed by atoms with Gasteiger partial charge in [0, 0.05) is 19.1 Å². The molecule has 0 radical (unpaired) electrons. The molecule has 3 atom stereocenters. The molecular weight excluding hydrogens is 144 g/mol. The van der Waals surface area contributed by atoms with E-state index in [1.165, 1.54) is 0 Å². The van der Waals surface area contributed by atoms with E-state index in [0.717, 1.165) is 19.5 Å². The summed E-state index contributed by atoms with van der Waals surface area (Å²) in [6.45, 7) is 2.32. The number of nitrogens with zero attached hydrogens (tertiary/aromatic N) is 1. The molecule has 2 saturated heterocycles. The predicted molar refractivity (Wildman–Crippen MR) is 39.1 cm³/mol. The van der Waals surface area contributed by atoms with Gasteiger partial charge in [0.15, 0.2) is 0 Å². The van der Waals surface area contributed by atoms with Gasteiger partial charge < -0.3 is 15.7 Å². The Bertz CT molecular complexity index is 207. The molecule has 2 fully saturated rings. The topological polar surface area (TPSA) is 66.6 Å². The molecule has 0 amide bonds. The molecule has 2 aliphatic heterocycles. The third-order valence-electron chi connectivity index (χ3n) is 2.97. The van der Waals surface area contributed by atoms with Crippen molar-refractivity contribution in [1.29, 1.82) is 0 Å². The molecule has 2 heterocycles. The zero-order valence-electron chi connectivity index (χ0n) is 6.29. The summed E-state index contributed by atoms with van der Waals surface area (Å²) in [4.78, 5) is 13.0.